The van der Waals surface area contributed by atoms with Gasteiger partial charge in [0.2, 0.25) is 8.87 Å². The lowest BCUT2D eigenvalue weighted by Crippen LogP contribution is -2.37. The van der Waals surface area contributed by atoms with E-state index in [0.29, 0.717) is 23.5 Å². The van der Waals surface area contributed by atoms with Crippen molar-refractivity contribution in [3.05, 3.63) is 0 Å². The van der Waals surface area contributed by atoms with Gasteiger partial charge in [-0.3, -0.25) is 0 Å². The van der Waals surface area contributed by atoms with Crippen molar-refractivity contribution in [2.45, 2.75) is 26.7 Å². The third-order valence-corrected chi connectivity index (χ3v) is 7.52. The molecule has 0 aromatic carbocycles. The fraction of sp³-hybridized carbons (Fsp3) is 1.00. The van der Waals surface area contributed by atoms with Crippen LogP contribution in [0.5, 0.6) is 0 Å². The quantitative estimate of drug-likeness (QED) is 0.603. The van der Waals surface area contributed by atoms with Crippen molar-refractivity contribution >= 4 is 19.7 Å². The summed E-state index contributed by atoms with van der Waals surface area (Å²) in [5.74, 6) is 3.86. The summed E-state index contributed by atoms with van der Waals surface area (Å²) >= 11 is 0. The van der Waals surface area contributed by atoms with Crippen LogP contribution in [0.4, 0.5) is 0 Å². The molecule has 2 unspecified atom stereocenters. The summed E-state index contributed by atoms with van der Waals surface area (Å²) in [5.41, 5.74) is 0. The topological polar surface area (TPSA) is 34.1 Å². The fourth-order valence-electron chi connectivity index (χ4n) is 2.71. The zero-order chi connectivity index (χ0) is 10.3. The molecule has 0 spiro atoms. The molecule has 1 saturated heterocycles. The zero-order valence-corrected chi connectivity index (χ0v) is 10.4. The maximum absolute atomic E-state index is 11.5. The molecule has 14 heavy (non-hydrogen) atoms. The zero-order valence-electron chi connectivity index (χ0n) is 8.77. The van der Waals surface area contributed by atoms with Crippen LogP contribution in [0.15, 0.2) is 0 Å². The minimum absolute atomic E-state index is 0.430. The Bertz CT molecular complexity index is 310. The third-order valence-electron chi connectivity index (χ3n) is 3.87. The van der Waals surface area contributed by atoms with Crippen molar-refractivity contribution in [3.8, 4) is 0 Å². The van der Waals surface area contributed by atoms with Crippen LogP contribution >= 0.6 is 10.8 Å². The normalized spacial score (nSPS) is 47.0. The maximum atomic E-state index is 11.5. The number of rotatable bonds is 0. The van der Waals surface area contributed by atoms with Gasteiger partial charge < -0.3 is 0 Å². The van der Waals surface area contributed by atoms with E-state index in [1.807, 2.05) is 0 Å². The summed E-state index contributed by atoms with van der Waals surface area (Å²) in [4.78, 5) is 0. The SMILES string of the molecule is C[C@@H]1CC2CSS(=O)(=O)CC2C[C@@H]1C. The molecule has 1 saturated carbocycles. The number of hydrogen-bond donors (Lipinski definition) is 0. The van der Waals surface area contributed by atoms with Gasteiger partial charge in [0, 0.05) is 5.75 Å². The van der Waals surface area contributed by atoms with E-state index < -0.39 is 8.87 Å². The van der Waals surface area contributed by atoms with Gasteiger partial charge in [-0.25, -0.2) is 8.42 Å². The van der Waals surface area contributed by atoms with Crippen molar-refractivity contribution in [3.63, 3.8) is 0 Å². The predicted octanol–water partition coefficient (Wildman–Crippen LogP) is 2.36. The Labute approximate surface area is 90.2 Å². The van der Waals surface area contributed by atoms with Crippen molar-refractivity contribution in [1.82, 2.24) is 0 Å². The van der Waals surface area contributed by atoms with Gasteiger partial charge in [-0.05, 0) is 47.3 Å². The lowest BCUT2D eigenvalue weighted by Gasteiger charge is -2.40. The molecule has 0 radical (unpaired) electrons. The molecule has 2 fully saturated rings. The van der Waals surface area contributed by atoms with E-state index in [2.05, 4.69) is 13.8 Å². The highest BCUT2D eigenvalue weighted by atomic mass is 33.1. The van der Waals surface area contributed by atoms with E-state index >= 15 is 0 Å². The highest BCUT2D eigenvalue weighted by Gasteiger charge is 2.39. The second-order valence-electron chi connectivity index (χ2n) is 4.95. The average Bonchev–Trinajstić information content (AvgIpc) is 2.07. The molecule has 4 heteroatoms. The Morgan fingerprint density at radius 1 is 1.07 bits per heavy atom. The van der Waals surface area contributed by atoms with Crippen LogP contribution < -0.4 is 0 Å². The molecule has 0 bridgehead atoms. The highest BCUT2D eigenvalue weighted by molar-refractivity contribution is 8.72. The van der Waals surface area contributed by atoms with E-state index in [0.717, 1.165) is 18.1 Å². The van der Waals surface area contributed by atoms with Crippen LogP contribution in [0.25, 0.3) is 0 Å². The molecule has 0 aromatic heterocycles. The number of hydrogen-bond acceptors (Lipinski definition) is 3. The summed E-state index contributed by atoms with van der Waals surface area (Å²) in [6, 6.07) is 0. The van der Waals surface area contributed by atoms with Gasteiger partial charge in [0.25, 0.3) is 0 Å². The van der Waals surface area contributed by atoms with Crippen molar-refractivity contribution in [2.75, 3.05) is 11.5 Å². The fourth-order valence-corrected chi connectivity index (χ4v) is 6.49. The number of fused-ring (bicyclic) bond motifs is 1. The first kappa shape index (κ1) is 10.8. The lowest BCUT2D eigenvalue weighted by molar-refractivity contribution is 0.160. The van der Waals surface area contributed by atoms with Crippen LogP contribution in [0.3, 0.4) is 0 Å². The van der Waals surface area contributed by atoms with Crippen LogP contribution in [0, 0.1) is 23.7 Å². The molecule has 0 amide bonds. The van der Waals surface area contributed by atoms with E-state index in [1.54, 1.807) is 0 Å². The van der Waals surface area contributed by atoms with Crippen LogP contribution in [-0.2, 0) is 8.87 Å². The second-order valence-corrected chi connectivity index (χ2v) is 9.20. The minimum atomic E-state index is -2.78. The van der Waals surface area contributed by atoms with Gasteiger partial charge in [0.15, 0.2) is 0 Å². The van der Waals surface area contributed by atoms with Gasteiger partial charge >= 0.3 is 0 Å². The first-order chi connectivity index (χ1) is 6.48. The molecule has 82 valence electrons. The smallest absolute Gasteiger partial charge is 0.201 e. The maximum Gasteiger partial charge on any atom is 0.201 e. The molecule has 0 N–H and O–H groups in total. The Kier molecular flexibility index (Phi) is 2.86. The van der Waals surface area contributed by atoms with E-state index in [4.69, 9.17) is 0 Å². The standard InChI is InChI=1S/C10H18O2S2/c1-7-3-9-5-13-14(11,12)6-10(9)4-8(7)2/h7-10H,3-6H2,1-2H3/t7-,8+,9?,10?/m1/s1. The summed E-state index contributed by atoms with van der Waals surface area (Å²) in [6.07, 6.45) is 2.35. The lowest BCUT2D eigenvalue weighted by atomic mass is 9.71. The largest absolute Gasteiger partial charge is 0.217 e. The second kappa shape index (κ2) is 3.71. The molecular formula is C10H18O2S2. The van der Waals surface area contributed by atoms with E-state index in [-0.39, 0.29) is 0 Å². The molecule has 4 atom stereocenters. The van der Waals surface area contributed by atoms with Crippen LogP contribution in [0.2, 0.25) is 0 Å². The Balaban J connectivity index is 2.09. The van der Waals surface area contributed by atoms with Crippen molar-refractivity contribution in [2.24, 2.45) is 23.7 Å². The highest BCUT2D eigenvalue weighted by Crippen LogP contribution is 2.44. The van der Waals surface area contributed by atoms with Crippen LogP contribution in [-0.4, -0.2) is 19.9 Å². The first-order valence-corrected chi connectivity index (χ1v) is 8.50. The van der Waals surface area contributed by atoms with Gasteiger partial charge in [0.1, 0.15) is 0 Å². The average molecular weight is 234 g/mol. The predicted molar refractivity (Wildman–Crippen MR) is 60.8 cm³/mol. The van der Waals surface area contributed by atoms with Gasteiger partial charge in [0.05, 0.1) is 5.75 Å². The summed E-state index contributed by atoms with van der Waals surface area (Å²) in [7, 11) is -1.60. The third kappa shape index (κ3) is 2.11. The molecular weight excluding hydrogens is 216 g/mol. The van der Waals surface area contributed by atoms with Gasteiger partial charge in [-0.2, -0.15) is 0 Å². The first-order valence-electron chi connectivity index (χ1n) is 5.35. The van der Waals surface area contributed by atoms with Crippen molar-refractivity contribution < 1.29 is 8.42 Å². The van der Waals surface area contributed by atoms with Crippen molar-refractivity contribution in [1.29, 1.82) is 0 Å². The summed E-state index contributed by atoms with van der Waals surface area (Å²) < 4.78 is 22.9. The molecule has 1 aliphatic carbocycles. The monoisotopic (exact) mass is 234 g/mol. The molecule has 1 aliphatic heterocycles. The minimum Gasteiger partial charge on any atom is -0.217 e. The molecule has 1 heterocycles. The Morgan fingerprint density at radius 2 is 1.64 bits per heavy atom. The summed E-state index contributed by atoms with van der Waals surface area (Å²) in [5, 5.41) is 0. The van der Waals surface area contributed by atoms with Crippen LogP contribution in [0.1, 0.15) is 26.7 Å². The molecule has 0 aromatic rings. The van der Waals surface area contributed by atoms with E-state index in [1.165, 1.54) is 17.2 Å². The summed E-state index contributed by atoms with van der Waals surface area (Å²) in [6.45, 7) is 4.56. The van der Waals surface area contributed by atoms with Gasteiger partial charge in [-0.1, -0.05) is 13.8 Å². The van der Waals surface area contributed by atoms with Gasteiger partial charge in [-0.15, -0.1) is 0 Å². The molecule has 2 rings (SSSR count). The Hall–Kier alpha value is 0.300. The van der Waals surface area contributed by atoms with E-state index in [9.17, 15) is 8.42 Å². The Morgan fingerprint density at radius 3 is 2.29 bits per heavy atom. The molecule has 2 nitrogen and oxygen atoms in total. The molecule has 2 aliphatic rings.